The zero-order chi connectivity index (χ0) is 24.1. The van der Waals surface area contributed by atoms with E-state index in [0.717, 1.165) is 11.2 Å². The molecule has 11 heteroatoms. The van der Waals surface area contributed by atoms with Gasteiger partial charge >= 0.3 is 0 Å². The lowest BCUT2D eigenvalue weighted by atomic mass is 10.1. The number of amides is 2. The maximum atomic E-state index is 13.6. The summed E-state index contributed by atoms with van der Waals surface area (Å²) in [6.07, 6.45) is 2.70. The zero-order valence-electron chi connectivity index (χ0n) is 19.3. The minimum absolute atomic E-state index is 0.0661. The number of pyridine rings is 1. The van der Waals surface area contributed by atoms with Gasteiger partial charge in [0.2, 0.25) is 11.9 Å². The Kier molecular flexibility index (Phi) is 7.85. The molecule has 3 aromatic heterocycles. The van der Waals surface area contributed by atoms with Crippen LogP contribution in [0.5, 0.6) is 0 Å². The van der Waals surface area contributed by atoms with Gasteiger partial charge < -0.3 is 15.5 Å². The van der Waals surface area contributed by atoms with Crippen LogP contribution in [-0.2, 0) is 4.79 Å². The van der Waals surface area contributed by atoms with Crippen LogP contribution in [-0.4, -0.2) is 56.3 Å². The van der Waals surface area contributed by atoms with Crippen LogP contribution in [0.15, 0.2) is 18.5 Å². The molecule has 3 aromatic rings. The molecule has 2 N–H and O–H groups in total. The third-order valence-electron chi connectivity index (χ3n) is 5.04. The van der Waals surface area contributed by atoms with E-state index < -0.39 is 5.82 Å². The van der Waals surface area contributed by atoms with Gasteiger partial charge in [-0.2, -0.15) is 4.98 Å². The zero-order valence-corrected chi connectivity index (χ0v) is 20.2. The number of nitrogens with one attached hydrogen (secondary N) is 2. The van der Waals surface area contributed by atoms with Crippen LogP contribution in [0.1, 0.15) is 54.8 Å². The van der Waals surface area contributed by atoms with Crippen LogP contribution in [0.3, 0.4) is 0 Å². The summed E-state index contributed by atoms with van der Waals surface area (Å²) in [7, 11) is 0. The molecule has 176 valence electrons. The number of hydrogen-bond donors (Lipinski definition) is 2. The first kappa shape index (κ1) is 24.4. The van der Waals surface area contributed by atoms with Crippen LogP contribution in [0.4, 0.5) is 10.3 Å². The van der Waals surface area contributed by atoms with E-state index in [1.165, 1.54) is 24.3 Å². The largest absolute Gasteiger partial charge is 0.356 e. The molecule has 2 atom stereocenters. The maximum Gasteiger partial charge on any atom is 0.274 e. The third-order valence-corrected chi connectivity index (χ3v) is 6.00. The molecule has 0 aliphatic heterocycles. The molecule has 0 aliphatic carbocycles. The van der Waals surface area contributed by atoms with Gasteiger partial charge in [-0.1, -0.05) is 6.92 Å². The van der Waals surface area contributed by atoms with Gasteiger partial charge in [-0.3, -0.25) is 14.6 Å². The second-order valence-corrected chi connectivity index (χ2v) is 9.17. The fraction of sp³-hybridized carbons (Fsp3) is 0.455. The minimum atomic E-state index is -0.435. The smallest absolute Gasteiger partial charge is 0.274 e. The molecule has 2 amide bonds. The second-order valence-electron chi connectivity index (χ2n) is 7.97. The first-order valence-corrected chi connectivity index (χ1v) is 11.5. The van der Waals surface area contributed by atoms with Gasteiger partial charge in [-0.25, -0.2) is 14.4 Å². The van der Waals surface area contributed by atoms with Crippen LogP contribution in [0.25, 0.3) is 10.3 Å². The number of nitrogens with zero attached hydrogens (tertiary/aromatic N) is 5. The average molecular weight is 474 g/mol. The highest BCUT2D eigenvalue weighted by Gasteiger charge is 2.24. The lowest BCUT2D eigenvalue weighted by Gasteiger charge is -2.25. The Labute approximate surface area is 195 Å². The summed E-state index contributed by atoms with van der Waals surface area (Å²) < 4.78 is 14.2. The van der Waals surface area contributed by atoms with Crippen LogP contribution < -0.4 is 10.6 Å². The lowest BCUT2D eigenvalue weighted by Crippen LogP contribution is -2.38. The Morgan fingerprint density at radius 2 is 1.97 bits per heavy atom. The Morgan fingerprint density at radius 1 is 1.21 bits per heavy atom. The van der Waals surface area contributed by atoms with Crippen molar-refractivity contribution >= 4 is 39.4 Å². The van der Waals surface area contributed by atoms with Gasteiger partial charge in [0.05, 0.1) is 17.2 Å². The summed E-state index contributed by atoms with van der Waals surface area (Å²) in [6.45, 7) is 10.4. The van der Waals surface area contributed by atoms with E-state index in [0.29, 0.717) is 35.5 Å². The monoisotopic (exact) mass is 473 g/mol. The molecular formula is C22H28FN7O2S. The summed E-state index contributed by atoms with van der Waals surface area (Å²) in [4.78, 5) is 43.7. The highest BCUT2D eigenvalue weighted by molar-refractivity contribution is 7.18. The number of rotatable bonds is 9. The molecule has 0 saturated heterocycles. The van der Waals surface area contributed by atoms with Gasteiger partial charge in [0.25, 0.3) is 5.91 Å². The van der Waals surface area contributed by atoms with Crippen molar-refractivity contribution in [1.82, 2.24) is 30.2 Å². The Bertz CT molecular complexity index is 1150. The topological polar surface area (TPSA) is 113 Å². The number of aromatic nitrogens is 4. The molecule has 0 saturated carbocycles. The second kappa shape index (κ2) is 10.6. The summed E-state index contributed by atoms with van der Waals surface area (Å²) in [5.41, 5.74) is 1.33. The van der Waals surface area contributed by atoms with Crippen molar-refractivity contribution in [2.75, 3.05) is 25.0 Å². The summed E-state index contributed by atoms with van der Waals surface area (Å²) in [6, 6.07) is 1.05. The van der Waals surface area contributed by atoms with Gasteiger partial charge in [0.1, 0.15) is 10.5 Å². The average Bonchev–Trinajstić information content (AvgIpc) is 3.15. The Morgan fingerprint density at radius 3 is 2.64 bits per heavy atom. The predicted octanol–water partition coefficient (Wildman–Crippen LogP) is 3.34. The molecule has 2 unspecified atom stereocenters. The molecular weight excluding hydrogens is 445 g/mol. The van der Waals surface area contributed by atoms with Gasteiger partial charge in [0.15, 0.2) is 11.3 Å². The van der Waals surface area contributed by atoms with E-state index in [9.17, 15) is 14.0 Å². The van der Waals surface area contributed by atoms with E-state index >= 15 is 0 Å². The van der Waals surface area contributed by atoms with Gasteiger partial charge in [-0.15, -0.1) is 11.3 Å². The first-order valence-electron chi connectivity index (χ1n) is 10.7. The standard InChI is InChI=1S/C22H28FN7O2S/c1-6-30(11-12(2)8-25-14(4)31)21(32)18-19-20(27-15(5)33-19)29-22(28-18)26-13(3)16-7-17(23)10-24-9-16/h7,9-10,12-13H,6,8,11H2,1-5H3,(H,25,31)(H,26,28,29). The number of hydrogen-bond acceptors (Lipinski definition) is 8. The van der Waals surface area contributed by atoms with E-state index in [4.69, 9.17) is 0 Å². The highest BCUT2D eigenvalue weighted by atomic mass is 32.1. The molecule has 3 rings (SSSR count). The normalized spacial score (nSPS) is 12.9. The van der Waals surface area contributed by atoms with E-state index in [-0.39, 0.29) is 35.4 Å². The van der Waals surface area contributed by atoms with E-state index in [1.807, 2.05) is 27.7 Å². The van der Waals surface area contributed by atoms with E-state index in [1.54, 1.807) is 11.1 Å². The summed E-state index contributed by atoms with van der Waals surface area (Å²) in [5, 5.41) is 6.69. The molecule has 33 heavy (non-hydrogen) atoms. The fourth-order valence-corrected chi connectivity index (χ4v) is 4.18. The third kappa shape index (κ3) is 6.19. The number of halogens is 1. The lowest BCUT2D eigenvalue weighted by molar-refractivity contribution is -0.119. The Hall–Kier alpha value is -3.21. The molecule has 9 nitrogen and oxygen atoms in total. The summed E-state index contributed by atoms with van der Waals surface area (Å²) in [5.74, 6) is -0.472. The number of anilines is 1. The van der Waals surface area contributed by atoms with E-state index in [2.05, 4.69) is 30.6 Å². The molecule has 0 bridgehead atoms. The molecule has 0 radical (unpaired) electrons. The molecule has 0 fully saturated rings. The molecule has 0 aliphatic rings. The van der Waals surface area contributed by atoms with Crippen LogP contribution in [0, 0.1) is 18.7 Å². The number of carbonyl (C=O) groups excluding carboxylic acids is 2. The molecule has 0 aromatic carbocycles. The molecule has 3 heterocycles. The quantitative estimate of drug-likeness (QED) is 0.490. The van der Waals surface area contributed by atoms with Crippen molar-refractivity contribution in [2.45, 2.75) is 40.7 Å². The van der Waals surface area contributed by atoms with Crippen molar-refractivity contribution in [1.29, 1.82) is 0 Å². The predicted molar refractivity (Wildman–Crippen MR) is 126 cm³/mol. The van der Waals surface area contributed by atoms with Crippen LogP contribution in [0.2, 0.25) is 0 Å². The Balaban J connectivity index is 1.89. The fourth-order valence-electron chi connectivity index (χ4n) is 3.34. The van der Waals surface area contributed by atoms with Crippen molar-refractivity contribution < 1.29 is 14.0 Å². The summed E-state index contributed by atoms with van der Waals surface area (Å²) >= 11 is 1.37. The first-order chi connectivity index (χ1) is 15.7. The maximum absolute atomic E-state index is 13.6. The minimum Gasteiger partial charge on any atom is -0.356 e. The number of thiazole rings is 1. The van der Waals surface area contributed by atoms with Crippen molar-refractivity contribution in [3.05, 3.63) is 40.5 Å². The highest BCUT2D eigenvalue weighted by Crippen LogP contribution is 2.27. The van der Waals surface area contributed by atoms with Crippen LogP contribution >= 0.6 is 11.3 Å². The SMILES string of the molecule is CCN(CC(C)CNC(C)=O)C(=O)c1nc(NC(C)c2cncc(F)c2)nc2nc(C)sc12. The number of aryl methyl sites for hydroxylation is 1. The molecule has 0 spiro atoms. The van der Waals surface area contributed by atoms with Gasteiger partial charge in [-0.05, 0) is 38.3 Å². The number of carbonyl (C=O) groups is 2. The number of fused-ring (bicyclic) bond motifs is 1. The van der Waals surface area contributed by atoms with Crippen molar-refractivity contribution in [2.24, 2.45) is 5.92 Å². The van der Waals surface area contributed by atoms with Gasteiger partial charge in [0, 0.05) is 32.8 Å². The van der Waals surface area contributed by atoms with Crippen molar-refractivity contribution in [3.8, 4) is 0 Å². The van der Waals surface area contributed by atoms with Crippen molar-refractivity contribution in [3.63, 3.8) is 0 Å².